The summed E-state index contributed by atoms with van der Waals surface area (Å²) in [6.07, 6.45) is 1.66. The number of amides is 1. The van der Waals surface area contributed by atoms with Crippen LogP contribution in [-0.2, 0) is 15.3 Å². The number of amidine groups is 1. The summed E-state index contributed by atoms with van der Waals surface area (Å²) in [7, 11) is -2.86. The molecule has 9 nitrogen and oxygen atoms in total. The number of ether oxygens (including phenoxy) is 1. The Bertz CT molecular complexity index is 1260. The number of alkyl halides is 1. The van der Waals surface area contributed by atoms with E-state index < -0.39 is 43.8 Å². The van der Waals surface area contributed by atoms with Crippen LogP contribution in [0.2, 0.25) is 0 Å². The maximum atomic E-state index is 15.0. The Morgan fingerprint density at radius 1 is 1.30 bits per heavy atom. The van der Waals surface area contributed by atoms with Gasteiger partial charge in [0.15, 0.2) is 0 Å². The molecular formula is C21H24F2N6O3S. The summed E-state index contributed by atoms with van der Waals surface area (Å²) < 4.78 is 49.2. The van der Waals surface area contributed by atoms with Gasteiger partial charge < -0.3 is 15.8 Å². The molecule has 2 aliphatic heterocycles. The standard InChI is InChI=1S/C21H24F2N6O3S/c1-20(2)19(24)29-21(3,15-8-9-26-33(15,20)31)17-13(23)5-7-16(27-17)28-18(30)14-6-4-12(10-25-14)32-11-22/h4-7,10,15H,8-9,11H2,1-3H3,(H2,24,29)(H,27,28,30)/t15-,21-,33?/m0/s1. The minimum Gasteiger partial charge on any atom is -0.461 e. The van der Waals surface area contributed by atoms with Crippen LogP contribution in [0.25, 0.3) is 0 Å². The lowest BCUT2D eigenvalue weighted by molar-refractivity contribution is 0.102. The molecule has 0 bridgehead atoms. The molecule has 4 rings (SSSR count). The van der Waals surface area contributed by atoms with Crippen molar-refractivity contribution in [3.63, 3.8) is 0 Å². The van der Waals surface area contributed by atoms with Crippen molar-refractivity contribution in [2.24, 2.45) is 15.1 Å². The summed E-state index contributed by atoms with van der Waals surface area (Å²) in [4.78, 5) is 25.4. The molecule has 0 radical (unpaired) electrons. The SMILES string of the molecule is CC1(C)C(N)=N[C@](C)(c2nc(NC(=O)c3ccc(OCF)cn3)ccc2F)[C@@H]2CCN=S21=O. The van der Waals surface area contributed by atoms with E-state index in [1.807, 2.05) is 0 Å². The lowest BCUT2D eigenvalue weighted by Crippen LogP contribution is -2.58. The lowest BCUT2D eigenvalue weighted by Gasteiger charge is -2.44. The highest BCUT2D eigenvalue weighted by atomic mass is 32.2. The van der Waals surface area contributed by atoms with E-state index in [2.05, 4.69) is 29.4 Å². The molecule has 2 aliphatic rings. The Morgan fingerprint density at radius 3 is 2.73 bits per heavy atom. The van der Waals surface area contributed by atoms with Gasteiger partial charge in [-0.25, -0.2) is 27.3 Å². The van der Waals surface area contributed by atoms with Crippen molar-refractivity contribution < 1.29 is 22.5 Å². The fourth-order valence-corrected chi connectivity index (χ4v) is 7.33. The molecule has 0 saturated carbocycles. The van der Waals surface area contributed by atoms with Gasteiger partial charge in [0.2, 0.25) is 6.86 Å². The van der Waals surface area contributed by atoms with E-state index >= 15 is 4.39 Å². The molecule has 0 aliphatic carbocycles. The van der Waals surface area contributed by atoms with E-state index in [0.717, 1.165) is 6.07 Å². The molecule has 176 valence electrons. The number of aliphatic imine (C=N–C) groups is 1. The van der Waals surface area contributed by atoms with Crippen LogP contribution in [0.1, 0.15) is 43.4 Å². The summed E-state index contributed by atoms with van der Waals surface area (Å²) in [6, 6.07) is 5.22. The second-order valence-corrected chi connectivity index (χ2v) is 11.5. The first kappa shape index (κ1) is 23.0. The van der Waals surface area contributed by atoms with E-state index in [1.54, 1.807) is 20.8 Å². The second-order valence-electron chi connectivity index (χ2n) is 8.47. The first-order chi connectivity index (χ1) is 15.5. The number of rotatable bonds is 5. The monoisotopic (exact) mass is 478 g/mol. The van der Waals surface area contributed by atoms with Crippen molar-refractivity contribution in [3.05, 3.63) is 47.7 Å². The number of pyridine rings is 2. The van der Waals surface area contributed by atoms with Gasteiger partial charge in [-0.05, 0) is 51.5 Å². The zero-order valence-electron chi connectivity index (χ0n) is 18.3. The number of nitrogens with one attached hydrogen (secondary N) is 1. The molecule has 0 fully saturated rings. The zero-order chi connectivity index (χ0) is 24.0. The van der Waals surface area contributed by atoms with Crippen LogP contribution < -0.4 is 15.8 Å². The van der Waals surface area contributed by atoms with Crippen molar-refractivity contribution in [2.45, 2.75) is 42.7 Å². The third-order valence-electron chi connectivity index (χ3n) is 6.14. The Hall–Kier alpha value is -3.15. The minimum absolute atomic E-state index is 0.0272. The van der Waals surface area contributed by atoms with Gasteiger partial charge in [-0.15, -0.1) is 0 Å². The normalized spacial score (nSPS) is 27.8. The van der Waals surface area contributed by atoms with Gasteiger partial charge in [-0.3, -0.25) is 9.79 Å². The highest BCUT2D eigenvalue weighted by molar-refractivity contribution is 7.96. The average Bonchev–Trinajstić information content (AvgIpc) is 3.19. The largest absolute Gasteiger partial charge is 0.461 e. The fourth-order valence-electron chi connectivity index (χ4n) is 4.19. The van der Waals surface area contributed by atoms with Gasteiger partial charge in [0, 0.05) is 6.54 Å². The highest BCUT2D eigenvalue weighted by Crippen LogP contribution is 2.47. The third-order valence-corrected chi connectivity index (χ3v) is 9.85. The Kier molecular flexibility index (Phi) is 5.59. The fraction of sp³-hybridized carbons (Fsp3) is 0.429. The van der Waals surface area contributed by atoms with Gasteiger partial charge in [0.25, 0.3) is 5.91 Å². The topological polar surface area (TPSA) is 132 Å². The molecule has 0 aromatic carbocycles. The quantitative estimate of drug-likeness (QED) is 0.679. The van der Waals surface area contributed by atoms with E-state index in [0.29, 0.717) is 13.0 Å². The molecule has 33 heavy (non-hydrogen) atoms. The summed E-state index contributed by atoms with van der Waals surface area (Å²) in [5.41, 5.74) is 4.82. The van der Waals surface area contributed by atoms with Crippen LogP contribution in [0.15, 0.2) is 39.8 Å². The van der Waals surface area contributed by atoms with Gasteiger partial charge in [0.1, 0.15) is 44.9 Å². The van der Waals surface area contributed by atoms with Crippen LogP contribution >= 0.6 is 0 Å². The Labute approximate surface area is 190 Å². The number of hydrogen-bond donors (Lipinski definition) is 2. The lowest BCUT2D eigenvalue weighted by atomic mass is 9.89. The van der Waals surface area contributed by atoms with Crippen molar-refractivity contribution >= 4 is 27.3 Å². The number of halogens is 2. The number of anilines is 1. The van der Waals surface area contributed by atoms with Crippen LogP contribution in [0, 0.1) is 5.82 Å². The van der Waals surface area contributed by atoms with Crippen LogP contribution in [-0.4, -0.2) is 49.3 Å². The summed E-state index contributed by atoms with van der Waals surface area (Å²) in [5, 5.41) is 1.97. The first-order valence-electron chi connectivity index (χ1n) is 10.2. The van der Waals surface area contributed by atoms with Gasteiger partial charge in [-0.2, -0.15) is 0 Å². The molecular weight excluding hydrogens is 454 g/mol. The molecule has 0 saturated heterocycles. The zero-order valence-corrected chi connectivity index (χ0v) is 19.2. The molecule has 3 atom stereocenters. The molecule has 3 N–H and O–H groups in total. The van der Waals surface area contributed by atoms with Crippen molar-refractivity contribution in [2.75, 3.05) is 18.7 Å². The van der Waals surface area contributed by atoms with E-state index in [9.17, 15) is 13.4 Å². The summed E-state index contributed by atoms with van der Waals surface area (Å²) in [5.74, 6) is -0.919. The van der Waals surface area contributed by atoms with E-state index in [1.165, 1.54) is 24.4 Å². The van der Waals surface area contributed by atoms with E-state index in [4.69, 9.17) is 5.73 Å². The van der Waals surface area contributed by atoms with Crippen LogP contribution in [0.4, 0.5) is 14.6 Å². The van der Waals surface area contributed by atoms with Crippen molar-refractivity contribution in [1.82, 2.24) is 9.97 Å². The van der Waals surface area contributed by atoms with Gasteiger partial charge in [0.05, 0.1) is 21.2 Å². The number of carbonyl (C=O) groups excluding carboxylic acids is 1. The summed E-state index contributed by atoms with van der Waals surface area (Å²) >= 11 is 0. The van der Waals surface area contributed by atoms with Crippen molar-refractivity contribution in [3.8, 4) is 5.75 Å². The molecule has 4 heterocycles. The van der Waals surface area contributed by atoms with Crippen LogP contribution in [0.5, 0.6) is 5.75 Å². The Balaban J connectivity index is 1.69. The number of nitrogens with zero attached hydrogens (tertiary/aromatic N) is 4. The van der Waals surface area contributed by atoms with E-state index in [-0.39, 0.29) is 28.8 Å². The number of fused-ring (bicyclic) bond motifs is 1. The highest BCUT2D eigenvalue weighted by Gasteiger charge is 2.57. The third kappa shape index (κ3) is 3.62. The molecule has 12 heteroatoms. The summed E-state index contributed by atoms with van der Waals surface area (Å²) in [6.45, 7) is 4.44. The second kappa shape index (κ2) is 8.01. The van der Waals surface area contributed by atoms with Gasteiger partial charge in [-0.1, -0.05) is 0 Å². The smallest absolute Gasteiger partial charge is 0.275 e. The Morgan fingerprint density at radius 2 is 2.06 bits per heavy atom. The van der Waals surface area contributed by atoms with Gasteiger partial charge >= 0.3 is 0 Å². The molecule has 1 amide bonds. The number of aromatic nitrogens is 2. The average molecular weight is 479 g/mol. The maximum absolute atomic E-state index is 15.0. The predicted molar refractivity (Wildman–Crippen MR) is 120 cm³/mol. The number of nitrogens with two attached hydrogens (primary N) is 1. The molecule has 1 unspecified atom stereocenters. The molecule has 0 spiro atoms. The van der Waals surface area contributed by atoms with Crippen molar-refractivity contribution in [1.29, 1.82) is 0 Å². The minimum atomic E-state index is -2.86. The van der Waals surface area contributed by atoms with Crippen LogP contribution in [0.3, 0.4) is 0 Å². The first-order valence-corrected chi connectivity index (χ1v) is 11.8. The molecule has 2 aromatic rings. The maximum Gasteiger partial charge on any atom is 0.275 e. The molecule has 2 aromatic heterocycles. The number of carbonyl (C=O) groups is 1. The number of hydrogen-bond acceptors (Lipinski definition) is 8. The predicted octanol–water partition coefficient (Wildman–Crippen LogP) is 2.78.